The van der Waals surface area contributed by atoms with Crippen molar-refractivity contribution in [3.05, 3.63) is 35.9 Å². The van der Waals surface area contributed by atoms with Gasteiger partial charge in [0.25, 0.3) is 0 Å². The molecule has 110 valence electrons. The predicted molar refractivity (Wildman–Crippen MR) is 75.8 cm³/mol. The Labute approximate surface area is 129 Å². The molecule has 1 aromatic rings. The van der Waals surface area contributed by atoms with Crippen LogP contribution < -0.4 is 18.7 Å². The zero-order valence-corrected chi connectivity index (χ0v) is 13.7. The Hall–Kier alpha value is -0.190. The first-order valence-electron chi connectivity index (χ1n) is 5.23. The lowest BCUT2D eigenvalue weighted by molar-refractivity contribution is -1.91. The SMILES string of the molecule is COc1ccc(C2=CC(SC)=S(O[Cl+3]([O-])([O-])[O-])S2)cc1. The summed E-state index contributed by atoms with van der Waals surface area (Å²) in [5.41, 5.74) is 0.918. The summed E-state index contributed by atoms with van der Waals surface area (Å²) in [4.78, 5) is 0.860. The van der Waals surface area contributed by atoms with Crippen LogP contribution in [0.4, 0.5) is 0 Å². The molecule has 1 aromatic carbocycles. The van der Waals surface area contributed by atoms with Crippen LogP contribution in [0.3, 0.4) is 0 Å². The Kier molecular flexibility index (Phi) is 5.43. The van der Waals surface area contributed by atoms with Crippen LogP contribution in [-0.2, 0) is 3.74 Å². The Morgan fingerprint density at radius 3 is 2.35 bits per heavy atom. The first kappa shape index (κ1) is 16.2. The third-order valence-electron chi connectivity index (χ3n) is 2.29. The van der Waals surface area contributed by atoms with Gasteiger partial charge in [-0.2, -0.15) is 14.0 Å². The Bertz CT molecular complexity index is 550. The van der Waals surface area contributed by atoms with Crippen molar-refractivity contribution in [1.82, 2.24) is 0 Å². The summed E-state index contributed by atoms with van der Waals surface area (Å²) in [6.45, 7) is 0. The van der Waals surface area contributed by atoms with E-state index in [2.05, 4.69) is 3.74 Å². The fraction of sp³-hybridized carbons (Fsp3) is 0.182. The number of ether oxygens (including phenoxy) is 1. The maximum atomic E-state index is 10.7. The second-order valence-corrected chi connectivity index (χ2v) is 8.81. The van der Waals surface area contributed by atoms with Crippen LogP contribution in [0.15, 0.2) is 30.3 Å². The van der Waals surface area contributed by atoms with Gasteiger partial charge in [-0.25, -0.2) is 0 Å². The molecule has 0 amide bonds. The van der Waals surface area contributed by atoms with Crippen LogP contribution in [0, 0.1) is 10.2 Å². The van der Waals surface area contributed by atoms with Gasteiger partial charge in [-0.05, 0) is 40.8 Å². The highest BCUT2D eigenvalue weighted by molar-refractivity contribution is 8.87. The number of rotatable bonds is 4. The molecule has 9 heteroatoms. The summed E-state index contributed by atoms with van der Waals surface area (Å²) in [5, 5.41) is 0. The Morgan fingerprint density at radius 1 is 1.20 bits per heavy atom. The van der Waals surface area contributed by atoms with E-state index in [-0.39, 0.29) is 0 Å². The smallest absolute Gasteiger partial charge is 0.186 e. The van der Waals surface area contributed by atoms with E-state index in [4.69, 9.17) is 4.74 Å². The van der Waals surface area contributed by atoms with Crippen molar-refractivity contribution < 1.29 is 32.7 Å². The summed E-state index contributed by atoms with van der Waals surface area (Å²) in [7, 11) is -2.74. The Morgan fingerprint density at radius 2 is 1.85 bits per heavy atom. The van der Waals surface area contributed by atoms with Crippen molar-refractivity contribution in [3.63, 3.8) is 0 Å². The molecule has 1 atom stereocenters. The summed E-state index contributed by atoms with van der Waals surface area (Å²) in [5.74, 6) is 0.738. The lowest BCUT2D eigenvalue weighted by Gasteiger charge is -2.12. The standard InChI is InChI=1S/C11H11ClO5S3/c1-16-9-5-3-8(4-6-9)10-7-11(18-2)20(19-10)17-12(13,14)15/h3-7H,1-2H3. The van der Waals surface area contributed by atoms with E-state index in [0.29, 0.717) is 4.20 Å². The third kappa shape index (κ3) is 4.15. The van der Waals surface area contributed by atoms with Crippen molar-refractivity contribution in [2.45, 2.75) is 0 Å². The molecule has 1 aliphatic rings. The largest absolute Gasteiger partial charge is 0.497 e. The molecular weight excluding hydrogens is 344 g/mol. The molecule has 1 aliphatic heterocycles. The lowest BCUT2D eigenvalue weighted by atomic mass is 10.2. The van der Waals surface area contributed by atoms with E-state index in [9.17, 15) is 14.0 Å². The molecule has 5 nitrogen and oxygen atoms in total. The monoisotopic (exact) mass is 354 g/mol. The molecular formula is C11H11ClO5S3. The molecule has 0 saturated carbocycles. The number of hydrogen-bond donors (Lipinski definition) is 0. The van der Waals surface area contributed by atoms with Gasteiger partial charge in [0.2, 0.25) is 0 Å². The Balaban J connectivity index is 2.17. The molecule has 0 radical (unpaired) electrons. The molecule has 2 rings (SSSR count). The molecule has 0 saturated heterocycles. The fourth-order valence-electron chi connectivity index (χ4n) is 1.43. The van der Waals surface area contributed by atoms with E-state index in [1.807, 2.05) is 30.3 Å². The van der Waals surface area contributed by atoms with E-state index >= 15 is 0 Å². The van der Waals surface area contributed by atoms with Gasteiger partial charge >= 0.3 is 0 Å². The number of thioether (sulfide) groups is 1. The fourth-order valence-corrected chi connectivity index (χ4v) is 7.39. The summed E-state index contributed by atoms with van der Waals surface area (Å²) in [6.07, 6.45) is 3.64. The highest BCUT2D eigenvalue weighted by atomic mass is 35.7. The highest BCUT2D eigenvalue weighted by Gasteiger charge is 2.30. The van der Waals surface area contributed by atoms with Crippen LogP contribution in [0.1, 0.15) is 5.56 Å². The quantitative estimate of drug-likeness (QED) is 0.567. The van der Waals surface area contributed by atoms with Crippen LogP contribution in [0.2, 0.25) is 0 Å². The van der Waals surface area contributed by atoms with E-state index in [1.165, 1.54) is 22.6 Å². The number of halogens is 1. The molecule has 0 N–H and O–H groups in total. The molecule has 20 heavy (non-hydrogen) atoms. The van der Waals surface area contributed by atoms with Crippen molar-refractivity contribution in [2.24, 2.45) is 0 Å². The average molecular weight is 355 g/mol. The number of benzene rings is 1. The lowest BCUT2D eigenvalue weighted by Crippen LogP contribution is -2.60. The van der Waals surface area contributed by atoms with E-state index in [1.54, 1.807) is 13.4 Å². The molecule has 1 heterocycles. The van der Waals surface area contributed by atoms with Gasteiger partial charge in [0, 0.05) is 4.91 Å². The van der Waals surface area contributed by atoms with Crippen LogP contribution in [-0.4, -0.2) is 17.6 Å². The minimum Gasteiger partial charge on any atom is -0.497 e. The molecule has 0 fully saturated rings. The zero-order chi connectivity index (χ0) is 14.8. The maximum Gasteiger partial charge on any atom is 0.186 e. The molecule has 0 aliphatic carbocycles. The van der Waals surface area contributed by atoms with Crippen molar-refractivity contribution in [1.29, 1.82) is 0 Å². The van der Waals surface area contributed by atoms with Gasteiger partial charge in [0.15, 0.2) is 9.80 Å². The van der Waals surface area contributed by atoms with Gasteiger partial charge in [-0.15, -0.1) is 11.8 Å². The zero-order valence-electron chi connectivity index (χ0n) is 10.5. The van der Waals surface area contributed by atoms with Gasteiger partial charge in [0.1, 0.15) is 9.49 Å². The average Bonchev–Trinajstić information content (AvgIpc) is 2.79. The minimum absolute atomic E-state index is 0.716. The summed E-state index contributed by atoms with van der Waals surface area (Å²) >= 11 is 1.36. The van der Waals surface area contributed by atoms with Crippen LogP contribution >= 0.6 is 32.4 Å². The first-order valence-corrected chi connectivity index (χ1v) is 10.2. The van der Waals surface area contributed by atoms with Gasteiger partial charge < -0.3 is 4.74 Å². The second kappa shape index (κ2) is 6.71. The maximum absolute atomic E-state index is 10.7. The normalized spacial score (nSPS) is 19.1. The van der Waals surface area contributed by atoms with Gasteiger partial charge in [-0.3, -0.25) is 0 Å². The topological polar surface area (TPSA) is 87.6 Å². The van der Waals surface area contributed by atoms with Gasteiger partial charge in [-0.1, -0.05) is 12.1 Å². The summed E-state index contributed by atoms with van der Waals surface area (Å²) < 4.78 is 42.4. The highest BCUT2D eigenvalue weighted by Crippen LogP contribution is 2.52. The van der Waals surface area contributed by atoms with Crippen molar-refractivity contribution >= 4 is 41.5 Å². The van der Waals surface area contributed by atoms with Crippen molar-refractivity contribution in [3.8, 4) is 5.75 Å². The van der Waals surface area contributed by atoms with E-state index in [0.717, 1.165) is 16.2 Å². The summed E-state index contributed by atoms with van der Waals surface area (Å²) in [6, 6.07) is 7.36. The number of methoxy groups -OCH3 is 1. The molecule has 0 bridgehead atoms. The van der Waals surface area contributed by atoms with Crippen LogP contribution in [0.25, 0.3) is 4.91 Å². The van der Waals surface area contributed by atoms with Crippen molar-refractivity contribution in [2.75, 3.05) is 13.4 Å². The minimum atomic E-state index is -4.43. The second-order valence-electron chi connectivity index (χ2n) is 3.52. The molecule has 0 spiro atoms. The predicted octanol–water partition coefficient (Wildman–Crippen LogP) is 0.289. The number of hydrogen-bond acceptors (Lipinski definition) is 7. The third-order valence-corrected chi connectivity index (χ3v) is 8.28. The van der Waals surface area contributed by atoms with Crippen LogP contribution in [0.5, 0.6) is 5.75 Å². The van der Waals surface area contributed by atoms with E-state index < -0.39 is 20.0 Å². The molecule has 0 aromatic heterocycles. The van der Waals surface area contributed by atoms with Gasteiger partial charge in [0.05, 0.1) is 21.5 Å². The first-order chi connectivity index (χ1) is 9.43. The molecule has 1 unspecified atom stereocenters.